The summed E-state index contributed by atoms with van der Waals surface area (Å²) in [5.74, 6) is -0.177. The lowest BCUT2D eigenvalue weighted by molar-refractivity contribution is -0.138. The minimum atomic E-state index is -0.177. The van der Waals surface area contributed by atoms with Gasteiger partial charge in [-0.15, -0.1) is 0 Å². The normalized spacial score (nSPS) is 16.2. The second-order valence-electron chi connectivity index (χ2n) is 4.69. The van der Waals surface area contributed by atoms with Gasteiger partial charge in [0.2, 0.25) is 0 Å². The Morgan fingerprint density at radius 2 is 1.80 bits per heavy atom. The van der Waals surface area contributed by atoms with Gasteiger partial charge in [-0.1, -0.05) is 38.1 Å². The molecule has 1 aliphatic carbocycles. The molecular formula is C18H26O2. The number of rotatable bonds is 2. The molecule has 20 heavy (non-hydrogen) atoms. The monoisotopic (exact) mass is 274 g/mol. The van der Waals surface area contributed by atoms with E-state index in [1.165, 1.54) is 23.1 Å². The highest BCUT2D eigenvalue weighted by molar-refractivity contribution is 5.97. The van der Waals surface area contributed by atoms with Crippen molar-refractivity contribution < 1.29 is 9.53 Å². The molecule has 0 saturated carbocycles. The number of hydrogen-bond donors (Lipinski definition) is 0. The fourth-order valence-electron chi connectivity index (χ4n) is 2.54. The molecule has 0 atom stereocenters. The molecule has 2 nitrogen and oxygen atoms in total. The maximum atomic E-state index is 11.9. The van der Waals surface area contributed by atoms with Crippen LogP contribution in [0.25, 0.3) is 5.57 Å². The molecule has 0 fully saturated rings. The van der Waals surface area contributed by atoms with Crippen LogP contribution in [0, 0.1) is 0 Å². The van der Waals surface area contributed by atoms with Gasteiger partial charge in [0.25, 0.3) is 0 Å². The minimum absolute atomic E-state index is 0.177. The summed E-state index contributed by atoms with van der Waals surface area (Å²) in [5, 5.41) is 0. The summed E-state index contributed by atoms with van der Waals surface area (Å²) in [4.78, 5) is 11.9. The smallest absolute Gasteiger partial charge is 0.333 e. The van der Waals surface area contributed by atoms with Crippen molar-refractivity contribution in [3.63, 3.8) is 0 Å². The van der Waals surface area contributed by atoms with Gasteiger partial charge in [0.05, 0.1) is 6.61 Å². The number of esters is 1. The molecule has 0 bridgehead atoms. The van der Waals surface area contributed by atoms with Gasteiger partial charge in [0, 0.05) is 5.57 Å². The highest BCUT2D eigenvalue weighted by Gasteiger charge is 2.18. The molecule has 0 heterocycles. The van der Waals surface area contributed by atoms with E-state index in [0.717, 1.165) is 24.8 Å². The van der Waals surface area contributed by atoms with Crippen molar-refractivity contribution in [1.82, 2.24) is 0 Å². The van der Waals surface area contributed by atoms with Crippen LogP contribution >= 0.6 is 0 Å². The zero-order valence-electron chi connectivity index (χ0n) is 13.2. The molecule has 1 aliphatic rings. The Hall–Kier alpha value is -1.57. The first-order valence-electron chi connectivity index (χ1n) is 7.69. The molecule has 0 spiro atoms. The molecule has 2 rings (SSSR count). The van der Waals surface area contributed by atoms with Crippen molar-refractivity contribution in [3.8, 4) is 0 Å². The van der Waals surface area contributed by atoms with Crippen molar-refractivity contribution in [2.45, 2.75) is 53.4 Å². The fraction of sp³-hybridized carbons (Fsp3) is 0.500. The molecule has 1 aromatic rings. The van der Waals surface area contributed by atoms with Crippen molar-refractivity contribution in [2.75, 3.05) is 6.61 Å². The van der Waals surface area contributed by atoms with E-state index in [0.29, 0.717) is 6.61 Å². The van der Waals surface area contributed by atoms with Crippen molar-refractivity contribution in [3.05, 3.63) is 41.0 Å². The van der Waals surface area contributed by atoms with Crippen LogP contribution < -0.4 is 0 Å². The zero-order valence-corrected chi connectivity index (χ0v) is 13.2. The highest BCUT2D eigenvalue weighted by atomic mass is 16.5. The number of hydrogen-bond acceptors (Lipinski definition) is 2. The molecule has 0 aliphatic heterocycles. The summed E-state index contributed by atoms with van der Waals surface area (Å²) >= 11 is 0. The lowest BCUT2D eigenvalue weighted by Crippen LogP contribution is -2.08. The van der Waals surface area contributed by atoms with E-state index in [-0.39, 0.29) is 5.97 Å². The first-order valence-corrected chi connectivity index (χ1v) is 7.69. The third-order valence-electron chi connectivity index (χ3n) is 3.50. The van der Waals surface area contributed by atoms with Gasteiger partial charge in [-0.3, -0.25) is 0 Å². The van der Waals surface area contributed by atoms with E-state index in [1.807, 2.05) is 33.8 Å². The van der Waals surface area contributed by atoms with Crippen LogP contribution in [0.4, 0.5) is 0 Å². The van der Waals surface area contributed by atoms with Gasteiger partial charge in [-0.05, 0) is 56.2 Å². The average molecular weight is 274 g/mol. The van der Waals surface area contributed by atoms with Crippen LogP contribution in [0.3, 0.4) is 0 Å². The Balaban J connectivity index is 0.000000956. The van der Waals surface area contributed by atoms with Gasteiger partial charge in [-0.25, -0.2) is 4.79 Å². The highest BCUT2D eigenvalue weighted by Crippen LogP contribution is 2.32. The predicted octanol–water partition coefficient (Wildman–Crippen LogP) is 4.78. The van der Waals surface area contributed by atoms with Crippen LogP contribution in [-0.2, 0) is 16.0 Å². The van der Waals surface area contributed by atoms with Gasteiger partial charge in [-0.2, -0.15) is 0 Å². The molecule has 0 N–H and O–H groups in total. The summed E-state index contributed by atoms with van der Waals surface area (Å²) in [6.07, 6.45) is 4.41. The van der Waals surface area contributed by atoms with Gasteiger partial charge in [0.1, 0.15) is 0 Å². The van der Waals surface area contributed by atoms with E-state index < -0.39 is 0 Å². The Morgan fingerprint density at radius 3 is 2.50 bits per heavy atom. The Bertz CT molecular complexity index is 472. The number of carbonyl (C=O) groups is 1. The fourth-order valence-corrected chi connectivity index (χ4v) is 2.54. The number of fused-ring (bicyclic) bond motifs is 1. The quantitative estimate of drug-likeness (QED) is 0.441. The topological polar surface area (TPSA) is 26.3 Å². The van der Waals surface area contributed by atoms with E-state index in [2.05, 4.69) is 18.2 Å². The van der Waals surface area contributed by atoms with Crippen molar-refractivity contribution >= 4 is 11.5 Å². The van der Waals surface area contributed by atoms with Gasteiger partial charge >= 0.3 is 5.97 Å². The van der Waals surface area contributed by atoms with E-state index in [4.69, 9.17) is 4.74 Å². The molecule has 1 aromatic carbocycles. The number of ether oxygens (including phenoxy) is 1. The largest absolute Gasteiger partial charge is 0.463 e. The predicted molar refractivity (Wildman–Crippen MR) is 84.6 cm³/mol. The SMILES string of the molecule is CC.CCOC(=O)/C(C)=C1/CCCCc2ccccc21. The van der Waals surface area contributed by atoms with Crippen LogP contribution in [0.2, 0.25) is 0 Å². The molecule has 0 unspecified atom stereocenters. The van der Waals surface area contributed by atoms with Gasteiger partial charge in [0.15, 0.2) is 0 Å². The standard InChI is InChI=1S/C16H20O2.C2H6/c1-3-18-16(17)12(2)14-10-6-4-8-13-9-5-7-11-15(13)14;1-2/h5,7,9,11H,3-4,6,8,10H2,1-2H3;1-2H3/b14-12-;. The van der Waals surface area contributed by atoms with Crippen LogP contribution in [-0.4, -0.2) is 12.6 Å². The maximum absolute atomic E-state index is 11.9. The molecular weight excluding hydrogens is 248 g/mol. The zero-order chi connectivity index (χ0) is 15.0. The summed E-state index contributed by atoms with van der Waals surface area (Å²) in [7, 11) is 0. The summed E-state index contributed by atoms with van der Waals surface area (Å²) in [6, 6.07) is 8.40. The third-order valence-corrected chi connectivity index (χ3v) is 3.50. The minimum Gasteiger partial charge on any atom is -0.463 e. The van der Waals surface area contributed by atoms with Crippen LogP contribution in [0.1, 0.15) is 58.1 Å². The summed E-state index contributed by atoms with van der Waals surface area (Å²) in [5.41, 5.74) is 4.53. The first kappa shape index (κ1) is 16.5. The maximum Gasteiger partial charge on any atom is 0.333 e. The number of allylic oxidation sites excluding steroid dienone is 1. The third kappa shape index (κ3) is 3.96. The molecule has 2 heteroatoms. The van der Waals surface area contributed by atoms with E-state index in [9.17, 15) is 4.79 Å². The van der Waals surface area contributed by atoms with Gasteiger partial charge < -0.3 is 4.74 Å². The second-order valence-corrected chi connectivity index (χ2v) is 4.69. The summed E-state index contributed by atoms with van der Waals surface area (Å²) < 4.78 is 5.12. The van der Waals surface area contributed by atoms with Crippen molar-refractivity contribution in [1.29, 1.82) is 0 Å². The lowest BCUT2D eigenvalue weighted by Gasteiger charge is -2.12. The number of carbonyl (C=O) groups excluding carboxylic acids is 1. The Morgan fingerprint density at radius 1 is 1.15 bits per heavy atom. The van der Waals surface area contributed by atoms with Crippen LogP contribution in [0.15, 0.2) is 29.8 Å². The lowest BCUT2D eigenvalue weighted by atomic mass is 9.95. The van der Waals surface area contributed by atoms with E-state index >= 15 is 0 Å². The molecule has 0 saturated heterocycles. The summed E-state index contributed by atoms with van der Waals surface area (Å²) in [6.45, 7) is 8.16. The second kappa shape index (κ2) is 8.57. The van der Waals surface area contributed by atoms with E-state index in [1.54, 1.807) is 0 Å². The Kier molecular flexibility index (Phi) is 7.06. The first-order chi connectivity index (χ1) is 9.74. The Labute approximate surface area is 122 Å². The molecule has 0 amide bonds. The average Bonchev–Trinajstić information content (AvgIpc) is 2.71. The molecule has 0 radical (unpaired) electrons. The van der Waals surface area contributed by atoms with Crippen molar-refractivity contribution in [2.24, 2.45) is 0 Å². The van der Waals surface area contributed by atoms with Crippen LogP contribution in [0.5, 0.6) is 0 Å². The number of benzene rings is 1. The molecule has 0 aromatic heterocycles. The number of aryl methyl sites for hydroxylation is 1. The molecule has 110 valence electrons.